The number of para-hydroxylation sites is 2. The van der Waals surface area contributed by atoms with Gasteiger partial charge in [-0.2, -0.15) is 0 Å². The van der Waals surface area contributed by atoms with Gasteiger partial charge in [0.2, 0.25) is 0 Å². The summed E-state index contributed by atoms with van der Waals surface area (Å²) in [4.78, 5) is 19.9. The molecule has 0 aliphatic heterocycles. The van der Waals surface area contributed by atoms with Crippen molar-refractivity contribution in [3.63, 3.8) is 0 Å². The summed E-state index contributed by atoms with van der Waals surface area (Å²) < 4.78 is 12.5. The smallest absolute Gasteiger partial charge is 0.164 e. The first-order chi connectivity index (χ1) is 29.7. The van der Waals surface area contributed by atoms with Crippen LogP contribution in [0.1, 0.15) is 0 Å². The molecule has 0 bridgehead atoms. The second-order valence-electron chi connectivity index (χ2n) is 15.1. The van der Waals surface area contributed by atoms with Crippen molar-refractivity contribution in [1.82, 2.24) is 19.9 Å². The van der Waals surface area contributed by atoms with E-state index in [4.69, 9.17) is 23.8 Å². The minimum atomic E-state index is 0.576. The monoisotopic (exact) mass is 768 g/mol. The third-order valence-electron chi connectivity index (χ3n) is 11.4. The maximum atomic E-state index is 6.23. The highest BCUT2D eigenvalue weighted by Crippen LogP contribution is 2.39. The SMILES string of the molecule is c1cncc(-c2ccc(-c3nc(-c4cc(-c5ccc6oc7ccccc7c6c5)cc(-c5ccc6oc7ccccc7c6c5)c4)nc(-c4ccc5ccccc5c4)n3)cc2)c1. The van der Waals surface area contributed by atoms with E-state index in [1.807, 2.05) is 36.5 Å². The van der Waals surface area contributed by atoms with Gasteiger partial charge >= 0.3 is 0 Å². The Kier molecular flexibility index (Phi) is 7.74. The number of nitrogens with zero attached hydrogens (tertiary/aromatic N) is 4. The first-order valence-electron chi connectivity index (χ1n) is 19.9. The van der Waals surface area contributed by atoms with Crippen molar-refractivity contribution in [3.05, 3.63) is 194 Å². The fourth-order valence-corrected chi connectivity index (χ4v) is 8.34. The molecule has 0 aliphatic carbocycles. The predicted molar refractivity (Wildman–Crippen MR) is 242 cm³/mol. The third kappa shape index (κ3) is 5.89. The first kappa shape index (κ1) is 33.9. The topological polar surface area (TPSA) is 77.8 Å². The van der Waals surface area contributed by atoms with E-state index in [0.717, 1.165) is 105 Å². The quantitative estimate of drug-likeness (QED) is 0.168. The second kappa shape index (κ2) is 13.7. The molecule has 12 aromatic rings. The van der Waals surface area contributed by atoms with E-state index < -0.39 is 0 Å². The Morgan fingerprint density at radius 2 is 0.783 bits per heavy atom. The van der Waals surface area contributed by atoms with E-state index in [0.29, 0.717) is 17.5 Å². The number of benzene rings is 8. The van der Waals surface area contributed by atoms with E-state index in [2.05, 4.69) is 157 Å². The minimum Gasteiger partial charge on any atom is -0.456 e. The molecule has 4 heterocycles. The van der Waals surface area contributed by atoms with Crippen LogP contribution < -0.4 is 0 Å². The van der Waals surface area contributed by atoms with E-state index in [1.165, 1.54) is 0 Å². The molecule has 8 aromatic carbocycles. The molecule has 6 heteroatoms. The Bertz CT molecular complexity index is 3480. The highest BCUT2D eigenvalue weighted by molar-refractivity contribution is 6.07. The average molecular weight is 769 g/mol. The summed E-state index contributed by atoms with van der Waals surface area (Å²) in [7, 11) is 0. The van der Waals surface area contributed by atoms with Gasteiger partial charge in [0.05, 0.1) is 0 Å². The van der Waals surface area contributed by atoms with Crippen LogP contribution in [0.3, 0.4) is 0 Å². The summed E-state index contributed by atoms with van der Waals surface area (Å²) in [5, 5.41) is 6.57. The van der Waals surface area contributed by atoms with Crippen molar-refractivity contribution in [2.45, 2.75) is 0 Å². The lowest BCUT2D eigenvalue weighted by molar-refractivity contribution is 0.668. The number of fused-ring (bicyclic) bond motifs is 7. The first-order valence-corrected chi connectivity index (χ1v) is 19.9. The molecule has 0 saturated heterocycles. The Hall–Kier alpha value is -8.22. The summed E-state index contributed by atoms with van der Waals surface area (Å²) in [6, 6.07) is 62.9. The third-order valence-corrected chi connectivity index (χ3v) is 11.4. The van der Waals surface area contributed by atoms with E-state index >= 15 is 0 Å². The number of hydrogen-bond donors (Lipinski definition) is 0. The lowest BCUT2D eigenvalue weighted by Crippen LogP contribution is -2.01. The number of aromatic nitrogens is 4. The highest BCUT2D eigenvalue weighted by atomic mass is 16.3. The van der Waals surface area contributed by atoms with Gasteiger partial charge in [0, 0.05) is 50.6 Å². The van der Waals surface area contributed by atoms with Crippen molar-refractivity contribution >= 4 is 54.6 Å². The second-order valence-corrected chi connectivity index (χ2v) is 15.1. The van der Waals surface area contributed by atoms with Gasteiger partial charge in [0.1, 0.15) is 22.3 Å². The molecule has 0 aliphatic rings. The number of pyridine rings is 1. The fourth-order valence-electron chi connectivity index (χ4n) is 8.34. The maximum Gasteiger partial charge on any atom is 0.164 e. The van der Waals surface area contributed by atoms with Crippen molar-refractivity contribution in [1.29, 1.82) is 0 Å². The summed E-state index contributed by atoms with van der Waals surface area (Å²) in [6.45, 7) is 0. The Labute approximate surface area is 344 Å². The summed E-state index contributed by atoms with van der Waals surface area (Å²) in [6.07, 6.45) is 3.66. The van der Waals surface area contributed by atoms with Gasteiger partial charge in [-0.1, -0.05) is 115 Å². The number of furan rings is 2. The molecule has 4 aromatic heterocycles. The Morgan fingerprint density at radius 3 is 1.42 bits per heavy atom. The standard InChI is InChI=1S/C54H32N4O2/c1-2-9-36-26-39(20-17-33(36)8-1)53-56-52(35-18-15-34(16-19-35)40-10-7-25-55-32-40)57-54(58-53)43-28-41(37-21-23-50-46(30-37)44-11-3-5-13-48(44)59-50)27-42(29-43)38-22-24-51-47(31-38)45-12-4-6-14-49(45)60-51/h1-32H. The van der Waals surface area contributed by atoms with Crippen LogP contribution in [-0.2, 0) is 0 Å². The predicted octanol–water partition coefficient (Wildman–Crippen LogP) is 14.2. The molecule has 12 rings (SSSR count). The van der Waals surface area contributed by atoms with Gasteiger partial charge in [-0.05, 0) is 111 Å². The molecule has 6 nitrogen and oxygen atoms in total. The molecule has 280 valence electrons. The van der Waals surface area contributed by atoms with Crippen LogP contribution in [0.15, 0.2) is 203 Å². The fraction of sp³-hybridized carbons (Fsp3) is 0. The molecule has 0 fully saturated rings. The van der Waals surface area contributed by atoms with Crippen LogP contribution in [0.2, 0.25) is 0 Å². The van der Waals surface area contributed by atoms with Gasteiger partial charge in [-0.3, -0.25) is 4.98 Å². The van der Waals surface area contributed by atoms with Crippen LogP contribution in [0.5, 0.6) is 0 Å². The number of rotatable bonds is 6. The lowest BCUT2D eigenvalue weighted by Gasteiger charge is -2.13. The summed E-state index contributed by atoms with van der Waals surface area (Å²) in [5.74, 6) is 1.76. The lowest BCUT2D eigenvalue weighted by atomic mass is 9.94. The van der Waals surface area contributed by atoms with Gasteiger partial charge in [-0.25, -0.2) is 15.0 Å². The van der Waals surface area contributed by atoms with E-state index in [9.17, 15) is 0 Å². The summed E-state index contributed by atoms with van der Waals surface area (Å²) in [5.41, 5.74) is 12.4. The molecule has 0 saturated carbocycles. The Morgan fingerprint density at radius 1 is 0.283 bits per heavy atom. The molecular formula is C54H32N4O2. The van der Waals surface area contributed by atoms with Crippen LogP contribution in [-0.4, -0.2) is 19.9 Å². The van der Waals surface area contributed by atoms with Crippen molar-refractivity contribution in [3.8, 4) is 67.5 Å². The van der Waals surface area contributed by atoms with Gasteiger partial charge in [-0.15, -0.1) is 0 Å². The zero-order valence-electron chi connectivity index (χ0n) is 32.1. The normalized spacial score (nSPS) is 11.7. The zero-order chi connectivity index (χ0) is 39.6. The van der Waals surface area contributed by atoms with Crippen LogP contribution >= 0.6 is 0 Å². The van der Waals surface area contributed by atoms with Crippen molar-refractivity contribution < 1.29 is 8.83 Å². The minimum absolute atomic E-state index is 0.576. The molecule has 0 unspecified atom stereocenters. The molecule has 0 N–H and O–H groups in total. The Balaban J connectivity index is 1.07. The van der Waals surface area contributed by atoms with E-state index in [-0.39, 0.29) is 0 Å². The van der Waals surface area contributed by atoms with Gasteiger partial charge in [0.25, 0.3) is 0 Å². The summed E-state index contributed by atoms with van der Waals surface area (Å²) >= 11 is 0. The molecule has 0 spiro atoms. The maximum absolute atomic E-state index is 6.23. The van der Waals surface area contributed by atoms with Crippen LogP contribution in [0.25, 0.3) is 122 Å². The molecule has 0 radical (unpaired) electrons. The van der Waals surface area contributed by atoms with Crippen molar-refractivity contribution in [2.75, 3.05) is 0 Å². The number of hydrogen-bond acceptors (Lipinski definition) is 6. The van der Waals surface area contributed by atoms with Crippen LogP contribution in [0, 0.1) is 0 Å². The molecule has 0 atom stereocenters. The molecule has 60 heavy (non-hydrogen) atoms. The average Bonchev–Trinajstić information content (AvgIpc) is 3.89. The van der Waals surface area contributed by atoms with Crippen LogP contribution in [0.4, 0.5) is 0 Å². The highest BCUT2D eigenvalue weighted by Gasteiger charge is 2.17. The molecule has 0 amide bonds. The largest absolute Gasteiger partial charge is 0.456 e. The van der Waals surface area contributed by atoms with Crippen molar-refractivity contribution in [2.24, 2.45) is 0 Å². The van der Waals surface area contributed by atoms with Gasteiger partial charge < -0.3 is 8.83 Å². The molecular weight excluding hydrogens is 737 g/mol. The van der Waals surface area contributed by atoms with Gasteiger partial charge in [0.15, 0.2) is 17.5 Å². The zero-order valence-corrected chi connectivity index (χ0v) is 32.1. The van der Waals surface area contributed by atoms with E-state index in [1.54, 1.807) is 6.20 Å².